The summed E-state index contributed by atoms with van der Waals surface area (Å²) < 4.78 is 41.7. The first-order valence-corrected chi connectivity index (χ1v) is 5.72. The van der Waals surface area contributed by atoms with Gasteiger partial charge in [-0.25, -0.2) is 13.2 Å². The van der Waals surface area contributed by atoms with E-state index in [4.69, 9.17) is 0 Å². The first kappa shape index (κ1) is 15.0. The Bertz CT molecular complexity index is 371. The molecule has 18 heavy (non-hydrogen) atoms. The van der Waals surface area contributed by atoms with Crippen LogP contribution in [0.5, 0.6) is 0 Å². The Morgan fingerprint density at radius 1 is 1.22 bits per heavy atom. The number of aliphatic hydroxyl groups excluding tert-OH is 1. The molecule has 1 atom stereocenters. The van der Waals surface area contributed by atoms with Crippen LogP contribution in [0.2, 0.25) is 0 Å². The van der Waals surface area contributed by atoms with Gasteiger partial charge in [-0.15, -0.1) is 0 Å². The van der Waals surface area contributed by atoms with E-state index in [1.54, 1.807) is 26.0 Å². The number of alkyl halides is 2. The zero-order chi connectivity index (χ0) is 13.7. The smallest absolute Gasteiger partial charge is 0.261 e. The van der Waals surface area contributed by atoms with Crippen LogP contribution >= 0.6 is 0 Å². The second kappa shape index (κ2) is 6.75. The molecule has 0 heterocycles. The first-order valence-electron chi connectivity index (χ1n) is 5.72. The maximum Gasteiger partial charge on any atom is 0.261 e. The quantitative estimate of drug-likeness (QED) is 0.798. The number of hydrogen-bond donors (Lipinski definition) is 1. The molecule has 0 aliphatic carbocycles. The van der Waals surface area contributed by atoms with Crippen molar-refractivity contribution >= 4 is 0 Å². The summed E-state index contributed by atoms with van der Waals surface area (Å²) in [4.78, 5) is 0. The van der Waals surface area contributed by atoms with Gasteiger partial charge in [-0.2, -0.15) is 0 Å². The molecule has 2 nitrogen and oxygen atoms in total. The van der Waals surface area contributed by atoms with Crippen LogP contribution in [0.1, 0.15) is 29.2 Å². The third kappa shape index (κ3) is 4.31. The predicted molar refractivity (Wildman–Crippen MR) is 62.3 cm³/mol. The average Bonchev–Trinajstić information content (AvgIpc) is 2.30. The highest BCUT2D eigenvalue weighted by molar-refractivity contribution is 5.31. The Hall–Kier alpha value is -1.07. The molecular formula is C13H17F3O2. The van der Waals surface area contributed by atoms with E-state index >= 15 is 0 Å². The van der Waals surface area contributed by atoms with E-state index in [2.05, 4.69) is 4.74 Å². The minimum Gasteiger partial charge on any atom is -0.388 e. The molecule has 1 aromatic carbocycles. The summed E-state index contributed by atoms with van der Waals surface area (Å²) in [6.07, 6.45) is -3.13. The number of ether oxygens (including phenoxy) is 1. The normalized spacial score (nSPS) is 13.1. The highest BCUT2D eigenvalue weighted by Crippen LogP contribution is 2.22. The highest BCUT2D eigenvalue weighted by atomic mass is 19.3. The Morgan fingerprint density at radius 2 is 1.78 bits per heavy atom. The number of aliphatic hydroxyl groups is 1. The van der Waals surface area contributed by atoms with Gasteiger partial charge < -0.3 is 9.84 Å². The maximum atomic E-state index is 13.4. The van der Waals surface area contributed by atoms with Crippen LogP contribution in [-0.2, 0) is 4.74 Å². The summed E-state index contributed by atoms with van der Waals surface area (Å²) in [6, 6.07) is 3.11. The van der Waals surface area contributed by atoms with E-state index in [9.17, 15) is 18.3 Å². The lowest BCUT2D eigenvalue weighted by Gasteiger charge is -2.13. The fraction of sp³-hybridized carbons (Fsp3) is 0.538. The highest BCUT2D eigenvalue weighted by Gasteiger charge is 2.12. The van der Waals surface area contributed by atoms with Crippen LogP contribution in [0.25, 0.3) is 0 Å². The van der Waals surface area contributed by atoms with Gasteiger partial charge in [0.1, 0.15) is 12.4 Å². The van der Waals surface area contributed by atoms with E-state index in [0.29, 0.717) is 16.7 Å². The molecule has 0 fully saturated rings. The lowest BCUT2D eigenvalue weighted by atomic mass is 10.0. The first-order chi connectivity index (χ1) is 8.41. The molecule has 0 saturated heterocycles. The van der Waals surface area contributed by atoms with Crippen molar-refractivity contribution in [2.75, 3.05) is 13.2 Å². The van der Waals surface area contributed by atoms with Gasteiger partial charge in [-0.1, -0.05) is 12.1 Å². The summed E-state index contributed by atoms with van der Waals surface area (Å²) in [6.45, 7) is 2.65. The third-order valence-corrected chi connectivity index (χ3v) is 2.62. The second-order valence-corrected chi connectivity index (χ2v) is 4.24. The van der Waals surface area contributed by atoms with Crippen LogP contribution in [0.15, 0.2) is 12.1 Å². The number of halogens is 3. The van der Waals surface area contributed by atoms with Gasteiger partial charge in [-0.3, -0.25) is 0 Å². The molecule has 1 N–H and O–H groups in total. The Kier molecular flexibility index (Phi) is 5.62. The van der Waals surface area contributed by atoms with E-state index < -0.39 is 19.1 Å². The van der Waals surface area contributed by atoms with Gasteiger partial charge in [0, 0.05) is 13.0 Å². The molecule has 0 amide bonds. The van der Waals surface area contributed by atoms with Gasteiger partial charge in [-0.05, 0) is 30.5 Å². The topological polar surface area (TPSA) is 29.5 Å². The van der Waals surface area contributed by atoms with Crippen molar-refractivity contribution in [1.82, 2.24) is 0 Å². The molecule has 0 aliphatic rings. The van der Waals surface area contributed by atoms with Gasteiger partial charge in [0.25, 0.3) is 6.43 Å². The van der Waals surface area contributed by atoms with Crippen molar-refractivity contribution in [3.8, 4) is 0 Å². The van der Waals surface area contributed by atoms with E-state index in [-0.39, 0.29) is 18.8 Å². The predicted octanol–water partition coefficient (Wildman–Crippen LogP) is 3.15. The molecule has 0 aliphatic heterocycles. The summed E-state index contributed by atoms with van der Waals surface area (Å²) in [7, 11) is 0. The number of hydrogen-bond acceptors (Lipinski definition) is 2. The minimum absolute atomic E-state index is 0.0426. The lowest BCUT2D eigenvalue weighted by molar-refractivity contribution is 0.00480. The largest absolute Gasteiger partial charge is 0.388 e. The minimum atomic E-state index is -2.50. The third-order valence-electron chi connectivity index (χ3n) is 2.62. The van der Waals surface area contributed by atoms with Crippen LogP contribution in [0.3, 0.4) is 0 Å². The second-order valence-electron chi connectivity index (χ2n) is 4.24. The van der Waals surface area contributed by atoms with Gasteiger partial charge in [0.05, 0.1) is 6.10 Å². The fourth-order valence-electron chi connectivity index (χ4n) is 1.71. The van der Waals surface area contributed by atoms with Crippen LogP contribution in [-0.4, -0.2) is 24.7 Å². The maximum absolute atomic E-state index is 13.4. The molecule has 5 heteroatoms. The standard InChI is InChI=1S/C13H17F3O2/c1-8-5-10(6-9(2)13(8)16)11(17)3-4-18-7-12(14)15/h5-6,11-12,17H,3-4,7H2,1-2H3. The van der Waals surface area contributed by atoms with Gasteiger partial charge in [0.2, 0.25) is 0 Å². The zero-order valence-corrected chi connectivity index (χ0v) is 10.4. The molecule has 1 aromatic rings. The molecule has 1 rings (SSSR count). The van der Waals surface area contributed by atoms with Crippen LogP contribution in [0, 0.1) is 19.7 Å². The molecular weight excluding hydrogens is 245 g/mol. The average molecular weight is 262 g/mol. The van der Waals surface area contributed by atoms with Crippen molar-refractivity contribution in [2.24, 2.45) is 0 Å². The monoisotopic (exact) mass is 262 g/mol. The van der Waals surface area contributed by atoms with Crippen molar-refractivity contribution in [3.05, 3.63) is 34.6 Å². The molecule has 0 spiro atoms. The van der Waals surface area contributed by atoms with Crippen LogP contribution < -0.4 is 0 Å². The number of rotatable bonds is 6. The SMILES string of the molecule is Cc1cc(C(O)CCOCC(F)F)cc(C)c1F. The summed E-state index contributed by atoms with van der Waals surface area (Å²) >= 11 is 0. The van der Waals surface area contributed by atoms with E-state index in [1.165, 1.54) is 0 Å². The molecule has 0 bridgehead atoms. The molecule has 0 radical (unpaired) electrons. The molecule has 102 valence electrons. The Balaban J connectivity index is 2.54. The molecule has 0 saturated carbocycles. The Labute approximate surface area is 104 Å². The summed E-state index contributed by atoms with van der Waals surface area (Å²) in [5, 5.41) is 9.84. The Morgan fingerprint density at radius 3 is 2.28 bits per heavy atom. The number of aryl methyl sites for hydroxylation is 2. The van der Waals surface area contributed by atoms with Gasteiger partial charge in [0.15, 0.2) is 0 Å². The number of benzene rings is 1. The van der Waals surface area contributed by atoms with Crippen molar-refractivity contribution < 1.29 is 23.0 Å². The van der Waals surface area contributed by atoms with Crippen molar-refractivity contribution in [1.29, 1.82) is 0 Å². The summed E-state index contributed by atoms with van der Waals surface area (Å²) in [5.74, 6) is -0.292. The zero-order valence-electron chi connectivity index (χ0n) is 10.4. The fourth-order valence-corrected chi connectivity index (χ4v) is 1.71. The van der Waals surface area contributed by atoms with Crippen molar-refractivity contribution in [2.45, 2.75) is 32.8 Å². The van der Waals surface area contributed by atoms with Crippen molar-refractivity contribution in [3.63, 3.8) is 0 Å². The van der Waals surface area contributed by atoms with E-state index in [0.717, 1.165) is 0 Å². The van der Waals surface area contributed by atoms with Gasteiger partial charge >= 0.3 is 0 Å². The van der Waals surface area contributed by atoms with E-state index in [1.807, 2.05) is 0 Å². The van der Waals surface area contributed by atoms with Crippen LogP contribution in [0.4, 0.5) is 13.2 Å². The summed E-state index contributed by atoms with van der Waals surface area (Å²) in [5.41, 5.74) is 1.49. The molecule has 1 unspecified atom stereocenters. The molecule has 0 aromatic heterocycles. The lowest BCUT2D eigenvalue weighted by Crippen LogP contribution is -2.09.